The van der Waals surface area contributed by atoms with Gasteiger partial charge in [-0.2, -0.15) is 0 Å². The molecule has 2 aliphatic heterocycles. The monoisotopic (exact) mass is 543 g/mol. The van der Waals surface area contributed by atoms with E-state index in [9.17, 15) is 4.79 Å². The van der Waals surface area contributed by atoms with Crippen molar-refractivity contribution < 1.29 is 9.53 Å². The van der Waals surface area contributed by atoms with Gasteiger partial charge in [-0.1, -0.05) is 23.8 Å². The van der Waals surface area contributed by atoms with E-state index in [1.54, 1.807) is 6.92 Å². The highest BCUT2D eigenvalue weighted by Crippen LogP contribution is 2.25. The number of carbonyl (C=O) groups is 1. The molecule has 2 heterocycles. The van der Waals surface area contributed by atoms with Gasteiger partial charge in [0.05, 0.1) is 19.7 Å². The number of aliphatic imine (C=N–C) groups is 1. The van der Waals surface area contributed by atoms with E-state index < -0.39 is 0 Å². The van der Waals surface area contributed by atoms with Gasteiger partial charge in [0.25, 0.3) is 0 Å². The number of carbonyl (C=O) groups excluding carboxylic acids is 1. The smallest absolute Gasteiger partial charge is 0.219 e. The highest BCUT2D eigenvalue weighted by atomic mass is 127. The molecule has 0 spiro atoms. The predicted molar refractivity (Wildman–Crippen MR) is 136 cm³/mol. The molecule has 0 radical (unpaired) electrons. The quantitative estimate of drug-likeness (QED) is 0.352. The summed E-state index contributed by atoms with van der Waals surface area (Å²) in [6.07, 6.45) is 0.0721. The van der Waals surface area contributed by atoms with Crippen molar-refractivity contribution >= 4 is 35.8 Å². The molecule has 2 fully saturated rings. The van der Waals surface area contributed by atoms with Crippen molar-refractivity contribution in [3.05, 3.63) is 34.9 Å². The van der Waals surface area contributed by atoms with Crippen LogP contribution in [-0.2, 0) is 9.53 Å². The molecule has 1 amide bonds. The summed E-state index contributed by atoms with van der Waals surface area (Å²) in [4.78, 5) is 23.0. The second-order valence-electron chi connectivity index (χ2n) is 8.25. The minimum absolute atomic E-state index is 0. The molecule has 1 atom stereocenters. The summed E-state index contributed by atoms with van der Waals surface area (Å²) >= 11 is 0. The van der Waals surface area contributed by atoms with Crippen LogP contribution < -0.4 is 5.32 Å². The molecule has 31 heavy (non-hydrogen) atoms. The van der Waals surface area contributed by atoms with Crippen LogP contribution in [0.15, 0.2) is 23.2 Å². The van der Waals surface area contributed by atoms with E-state index >= 15 is 0 Å². The van der Waals surface area contributed by atoms with Gasteiger partial charge in [0.1, 0.15) is 6.10 Å². The van der Waals surface area contributed by atoms with E-state index in [4.69, 9.17) is 9.73 Å². The van der Waals surface area contributed by atoms with Crippen LogP contribution in [-0.4, -0.2) is 92.1 Å². The Morgan fingerprint density at radius 3 is 2.55 bits per heavy atom. The second-order valence-corrected chi connectivity index (χ2v) is 8.25. The van der Waals surface area contributed by atoms with Gasteiger partial charge in [0.2, 0.25) is 5.91 Å². The Kier molecular flexibility index (Phi) is 10.5. The molecule has 0 saturated carbocycles. The SMILES string of the molecule is CCNC(=NCCN1CCN(C(C)=O)CC1)N1CCOC(c2ccc(C)cc2C)C1.I. The molecule has 1 unspecified atom stereocenters. The number of nitrogens with one attached hydrogen (secondary N) is 1. The van der Waals surface area contributed by atoms with E-state index in [2.05, 4.69) is 54.1 Å². The number of halogens is 1. The van der Waals surface area contributed by atoms with Crippen LogP contribution in [0, 0.1) is 13.8 Å². The van der Waals surface area contributed by atoms with Crippen molar-refractivity contribution in [3.8, 4) is 0 Å². The van der Waals surface area contributed by atoms with E-state index in [-0.39, 0.29) is 36.0 Å². The Labute approximate surface area is 204 Å². The molecule has 1 N–H and O–H groups in total. The number of guanidine groups is 1. The fourth-order valence-electron chi connectivity index (χ4n) is 4.23. The van der Waals surface area contributed by atoms with Crippen LogP contribution in [0.2, 0.25) is 0 Å². The van der Waals surface area contributed by atoms with Gasteiger partial charge in [0.15, 0.2) is 5.96 Å². The van der Waals surface area contributed by atoms with E-state index in [0.29, 0.717) is 6.61 Å². The highest BCUT2D eigenvalue weighted by molar-refractivity contribution is 14.0. The zero-order valence-electron chi connectivity index (χ0n) is 19.4. The molecule has 0 aromatic heterocycles. The Morgan fingerprint density at radius 1 is 1.16 bits per heavy atom. The maximum Gasteiger partial charge on any atom is 0.219 e. The largest absolute Gasteiger partial charge is 0.370 e. The number of hydrogen-bond donors (Lipinski definition) is 1. The Balaban J connectivity index is 0.00000341. The molecule has 0 aliphatic carbocycles. The minimum atomic E-state index is 0. The number of piperazine rings is 1. The van der Waals surface area contributed by atoms with Gasteiger partial charge in [-0.15, -0.1) is 24.0 Å². The van der Waals surface area contributed by atoms with Crippen LogP contribution in [0.1, 0.15) is 36.6 Å². The first-order valence-corrected chi connectivity index (χ1v) is 11.2. The molecule has 2 aliphatic rings. The van der Waals surface area contributed by atoms with Gasteiger partial charge in [0, 0.05) is 52.7 Å². The average Bonchev–Trinajstić information content (AvgIpc) is 2.73. The van der Waals surface area contributed by atoms with Crippen molar-refractivity contribution in [1.29, 1.82) is 0 Å². The van der Waals surface area contributed by atoms with Crippen LogP contribution in [0.5, 0.6) is 0 Å². The Morgan fingerprint density at radius 2 is 1.90 bits per heavy atom. The summed E-state index contributed by atoms with van der Waals surface area (Å²) in [6.45, 7) is 16.4. The fourth-order valence-corrected chi connectivity index (χ4v) is 4.23. The van der Waals surface area contributed by atoms with Crippen LogP contribution >= 0.6 is 24.0 Å². The number of aryl methyl sites for hydroxylation is 2. The lowest BCUT2D eigenvalue weighted by atomic mass is 10.00. The molecule has 7 nitrogen and oxygen atoms in total. The molecule has 3 rings (SSSR count). The first-order chi connectivity index (χ1) is 14.5. The van der Waals surface area contributed by atoms with Crippen molar-refractivity contribution in [2.24, 2.45) is 4.99 Å². The van der Waals surface area contributed by atoms with Gasteiger partial charge in [-0.05, 0) is 31.9 Å². The third-order valence-corrected chi connectivity index (χ3v) is 5.97. The first-order valence-electron chi connectivity index (χ1n) is 11.2. The summed E-state index contributed by atoms with van der Waals surface area (Å²) in [5, 5.41) is 3.46. The lowest BCUT2D eigenvalue weighted by molar-refractivity contribution is -0.130. The lowest BCUT2D eigenvalue weighted by Crippen LogP contribution is -2.49. The number of hydrogen-bond acceptors (Lipinski definition) is 4. The molecule has 1 aromatic rings. The summed E-state index contributed by atoms with van der Waals surface area (Å²) in [7, 11) is 0. The van der Waals surface area contributed by atoms with Crippen molar-refractivity contribution in [1.82, 2.24) is 20.0 Å². The first kappa shape index (κ1) is 25.9. The number of morpholine rings is 1. The summed E-state index contributed by atoms with van der Waals surface area (Å²) in [5.74, 6) is 1.14. The maximum atomic E-state index is 11.5. The molecule has 174 valence electrons. The molecule has 2 saturated heterocycles. The normalized spacial score (nSPS) is 20.4. The van der Waals surface area contributed by atoms with Gasteiger partial charge >= 0.3 is 0 Å². The van der Waals surface area contributed by atoms with Crippen LogP contribution in [0.25, 0.3) is 0 Å². The third kappa shape index (κ3) is 7.32. The summed E-state index contributed by atoms with van der Waals surface area (Å²) in [6, 6.07) is 6.59. The minimum Gasteiger partial charge on any atom is -0.370 e. The molecule has 1 aromatic carbocycles. The molecule has 0 bridgehead atoms. The van der Waals surface area contributed by atoms with Gasteiger partial charge in [-0.25, -0.2) is 0 Å². The zero-order chi connectivity index (χ0) is 21.5. The lowest BCUT2D eigenvalue weighted by Gasteiger charge is -2.36. The van der Waals surface area contributed by atoms with Crippen molar-refractivity contribution in [2.75, 3.05) is 65.5 Å². The topological polar surface area (TPSA) is 60.4 Å². The van der Waals surface area contributed by atoms with E-state index in [0.717, 1.165) is 64.9 Å². The van der Waals surface area contributed by atoms with E-state index in [1.165, 1.54) is 16.7 Å². The number of rotatable bonds is 5. The number of ether oxygens (including phenoxy) is 1. The highest BCUT2D eigenvalue weighted by Gasteiger charge is 2.25. The van der Waals surface area contributed by atoms with Crippen molar-refractivity contribution in [3.63, 3.8) is 0 Å². The van der Waals surface area contributed by atoms with Gasteiger partial charge in [-0.3, -0.25) is 14.7 Å². The zero-order valence-corrected chi connectivity index (χ0v) is 21.7. The summed E-state index contributed by atoms with van der Waals surface area (Å²) in [5.41, 5.74) is 3.83. The number of benzene rings is 1. The van der Waals surface area contributed by atoms with Crippen LogP contribution in [0.3, 0.4) is 0 Å². The number of amides is 1. The van der Waals surface area contributed by atoms with Gasteiger partial charge < -0.3 is 19.9 Å². The fraction of sp³-hybridized carbons (Fsp3) is 0.652. The molecular weight excluding hydrogens is 505 g/mol. The predicted octanol–water partition coefficient (Wildman–Crippen LogP) is 2.42. The Hall–Kier alpha value is -1.39. The van der Waals surface area contributed by atoms with E-state index in [1.807, 2.05) is 4.90 Å². The summed E-state index contributed by atoms with van der Waals surface area (Å²) < 4.78 is 6.11. The second kappa shape index (κ2) is 12.6. The average molecular weight is 543 g/mol. The molecular formula is C23H38IN5O2. The third-order valence-electron chi connectivity index (χ3n) is 5.97. The van der Waals surface area contributed by atoms with Crippen LogP contribution in [0.4, 0.5) is 0 Å². The Bertz CT molecular complexity index is 749. The maximum absolute atomic E-state index is 11.5. The number of nitrogens with zero attached hydrogens (tertiary/aromatic N) is 4. The molecule has 8 heteroatoms. The van der Waals surface area contributed by atoms with Crippen molar-refractivity contribution in [2.45, 2.75) is 33.8 Å². The standard InChI is InChI=1S/C23H37N5O2.HI/c1-5-24-23(25-8-9-26-10-12-27(13-11-26)20(4)29)28-14-15-30-22(17-28)21-7-6-18(2)16-19(21)3;/h6-7,16,22H,5,8-15,17H2,1-4H3,(H,24,25);1H.